The minimum Gasteiger partial charge on any atom is -0.415 e. The highest BCUT2D eigenvalue weighted by Crippen LogP contribution is 2.27. The van der Waals surface area contributed by atoms with Crippen LogP contribution in [0.1, 0.15) is 44.7 Å². The summed E-state index contributed by atoms with van der Waals surface area (Å²) >= 11 is 5.53. The predicted octanol–water partition coefficient (Wildman–Crippen LogP) is 5.28. The van der Waals surface area contributed by atoms with Crippen LogP contribution in [-0.2, 0) is 16.0 Å². The molecule has 2 saturated heterocycles. The van der Waals surface area contributed by atoms with Gasteiger partial charge >= 0.3 is 6.43 Å². The van der Waals surface area contributed by atoms with Gasteiger partial charge in [0.15, 0.2) is 0 Å². The molecule has 3 aromatic rings. The maximum atomic E-state index is 12.6. The van der Waals surface area contributed by atoms with E-state index in [1.54, 1.807) is 31.3 Å². The topological polar surface area (TPSA) is 104 Å². The summed E-state index contributed by atoms with van der Waals surface area (Å²) in [6.45, 7) is 10.2. The van der Waals surface area contributed by atoms with Gasteiger partial charge in [-0.15, -0.1) is 10.2 Å². The second-order valence-electron chi connectivity index (χ2n) is 9.70. The van der Waals surface area contributed by atoms with Gasteiger partial charge in [-0.05, 0) is 75.5 Å². The number of benzene rings is 1. The first-order valence-electron chi connectivity index (χ1n) is 13.3. The quantitative estimate of drug-likeness (QED) is 0.394. The van der Waals surface area contributed by atoms with Gasteiger partial charge in [-0.25, -0.2) is 4.39 Å². The summed E-state index contributed by atoms with van der Waals surface area (Å²) in [6, 6.07) is 8.76. The van der Waals surface area contributed by atoms with Gasteiger partial charge in [0.25, 0.3) is 5.89 Å². The van der Waals surface area contributed by atoms with Crippen LogP contribution >= 0.6 is 11.6 Å². The lowest BCUT2D eigenvalue weighted by atomic mass is 9.90. The summed E-state index contributed by atoms with van der Waals surface area (Å²) in [5.41, 5.74) is 2.36. The standard InChI is InChI=1S/C19H23F2N5O2.C8H9ClFN.CH2O/c1-12(27)26-10-16(11-26)25-6-4-13(5-7-25)8-15-3-2-14(9-22-15)18-23-24-19(28-18)17(20)21;1-2-11-6-3-4-8(10)7(9)5-6;1-2/h2-3,9,13,16-17H,4-8,10-11H2,1H3;3-5,11H,2H2,1H3;1H2. The van der Waals surface area contributed by atoms with Crippen LogP contribution in [0.15, 0.2) is 40.9 Å². The van der Waals surface area contributed by atoms with Gasteiger partial charge in [0.1, 0.15) is 12.6 Å². The normalized spacial score (nSPS) is 15.8. The van der Waals surface area contributed by atoms with Crippen molar-refractivity contribution in [2.45, 2.75) is 45.6 Å². The van der Waals surface area contributed by atoms with E-state index in [2.05, 4.69) is 25.4 Å². The van der Waals surface area contributed by atoms with Crippen LogP contribution < -0.4 is 5.32 Å². The van der Waals surface area contributed by atoms with Crippen molar-refractivity contribution in [2.24, 2.45) is 5.92 Å². The first-order valence-corrected chi connectivity index (χ1v) is 13.7. The lowest BCUT2D eigenvalue weighted by Gasteiger charge is -2.47. The van der Waals surface area contributed by atoms with Crippen molar-refractivity contribution in [3.63, 3.8) is 0 Å². The molecule has 222 valence electrons. The summed E-state index contributed by atoms with van der Waals surface area (Å²) < 4.78 is 42.6. The van der Waals surface area contributed by atoms with E-state index in [0.29, 0.717) is 17.5 Å². The lowest BCUT2D eigenvalue weighted by molar-refractivity contribution is -0.136. The number of carbonyl (C=O) groups is 2. The zero-order valence-electron chi connectivity index (χ0n) is 23.0. The Hall–Kier alpha value is -3.51. The number of carbonyl (C=O) groups excluding carboxylic acids is 2. The SMILES string of the molecule is C=O.CC(=O)N1CC(N2CCC(Cc3ccc(-c4nnc(C(F)F)o4)cn3)CC2)C1.CCNc1ccc(F)c(Cl)c1. The van der Waals surface area contributed by atoms with Gasteiger partial charge in [-0.3, -0.25) is 14.7 Å². The van der Waals surface area contributed by atoms with E-state index in [4.69, 9.17) is 20.8 Å². The van der Waals surface area contributed by atoms with E-state index in [-0.39, 0.29) is 22.6 Å². The minimum atomic E-state index is -2.77. The molecule has 13 heteroatoms. The number of halogens is 4. The van der Waals surface area contributed by atoms with Crippen LogP contribution in [0.25, 0.3) is 11.5 Å². The van der Waals surface area contributed by atoms with Crippen LogP contribution in [0.5, 0.6) is 0 Å². The lowest BCUT2D eigenvalue weighted by Crippen LogP contribution is -2.61. The number of amides is 1. The van der Waals surface area contributed by atoms with Crippen LogP contribution in [0.2, 0.25) is 5.02 Å². The number of hydrogen-bond acceptors (Lipinski definition) is 8. The van der Waals surface area contributed by atoms with Gasteiger partial charge in [-0.2, -0.15) is 8.78 Å². The fourth-order valence-corrected chi connectivity index (χ4v) is 4.86. The molecule has 0 aliphatic carbocycles. The highest BCUT2D eigenvalue weighted by atomic mass is 35.5. The largest absolute Gasteiger partial charge is 0.415 e. The maximum Gasteiger partial charge on any atom is 0.314 e. The van der Waals surface area contributed by atoms with Crippen molar-refractivity contribution < 1.29 is 27.2 Å². The van der Waals surface area contributed by atoms with Crippen LogP contribution in [0.4, 0.5) is 18.9 Å². The number of nitrogens with one attached hydrogen (secondary N) is 1. The van der Waals surface area contributed by atoms with E-state index in [0.717, 1.165) is 63.4 Å². The molecule has 0 radical (unpaired) electrons. The van der Waals surface area contributed by atoms with Crippen molar-refractivity contribution in [1.29, 1.82) is 0 Å². The van der Waals surface area contributed by atoms with Crippen LogP contribution in [0.3, 0.4) is 0 Å². The Morgan fingerprint density at radius 3 is 2.41 bits per heavy atom. The average Bonchev–Trinajstić information content (AvgIpc) is 3.44. The third-order valence-corrected chi connectivity index (χ3v) is 7.26. The Balaban J connectivity index is 0.000000299. The van der Waals surface area contributed by atoms with Gasteiger partial charge in [-0.1, -0.05) is 11.6 Å². The number of likely N-dealkylation sites (tertiary alicyclic amines) is 2. The van der Waals surface area contributed by atoms with Crippen molar-refractivity contribution in [3.05, 3.63) is 59.0 Å². The molecule has 1 N–H and O–H groups in total. The molecule has 1 amide bonds. The van der Waals surface area contributed by atoms with Crippen molar-refractivity contribution in [3.8, 4) is 11.5 Å². The Bertz CT molecular complexity index is 1250. The number of piperidine rings is 1. The fraction of sp³-hybridized carbons (Fsp3) is 0.464. The van der Waals surface area contributed by atoms with E-state index in [1.165, 1.54) is 6.07 Å². The Kier molecular flexibility index (Phi) is 12.1. The summed E-state index contributed by atoms with van der Waals surface area (Å²) in [5.74, 6) is -0.265. The second kappa shape index (κ2) is 15.5. The van der Waals surface area contributed by atoms with E-state index in [1.807, 2.05) is 24.7 Å². The van der Waals surface area contributed by atoms with E-state index in [9.17, 15) is 18.0 Å². The number of alkyl halides is 2. The fourth-order valence-electron chi connectivity index (χ4n) is 4.68. The van der Waals surface area contributed by atoms with Gasteiger partial charge < -0.3 is 19.4 Å². The average molecular weight is 595 g/mol. The molecule has 2 aliphatic rings. The van der Waals surface area contributed by atoms with Gasteiger partial charge in [0.05, 0.1) is 10.6 Å². The second-order valence-corrected chi connectivity index (χ2v) is 10.1. The molecular weight excluding hydrogens is 561 g/mol. The minimum absolute atomic E-state index is 0.0581. The molecule has 2 aliphatic heterocycles. The predicted molar refractivity (Wildman–Crippen MR) is 149 cm³/mol. The summed E-state index contributed by atoms with van der Waals surface area (Å²) in [7, 11) is 0. The Labute approximate surface area is 242 Å². The van der Waals surface area contributed by atoms with Crippen molar-refractivity contribution in [1.82, 2.24) is 25.0 Å². The molecule has 5 rings (SSSR count). The summed E-state index contributed by atoms with van der Waals surface area (Å²) in [6.07, 6.45) is 1.94. The van der Waals surface area contributed by atoms with Crippen molar-refractivity contribution >= 4 is 30.0 Å². The molecule has 41 heavy (non-hydrogen) atoms. The zero-order chi connectivity index (χ0) is 29.9. The molecule has 4 heterocycles. The van der Waals surface area contributed by atoms with Crippen LogP contribution in [-0.4, -0.2) is 76.4 Å². The third-order valence-electron chi connectivity index (χ3n) is 6.97. The molecule has 2 aromatic heterocycles. The number of aromatic nitrogens is 3. The molecule has 1 aromatic carbocycles. The van der Waals surface area contributed by atoms with Gasteiger partial charge in [0.2, 0.25) is 11.8 Å². The summed E-state index contributed by atoms with van der Waals surface area (Å²) in [5, 5.41) is 10.2. The highest BCUT2D eigenvalue weighted by Gasteiger charge is 2.35. The first kappa shape index (κ1) is 32.0. The zero-order valence-corrected chi connectivity index (χ0v) is 23.8. The number of pyridine rings is 1. The molecule has 0 spiro atoms. The van der Waals surface area contributed by atoms with Gasteiger partial charge in [0, 0.05) is 50.2 Å². The molecule has 9 nitrogen and oxygen atoms in total. The number of hydrogen-bond donors (Lipinski definition) is 1. The smallest absolute Gasteiger partial charge is 0.314 e. The molecule has 0 atom stereocenters. The van der Waals surface area contributed by atoms with Crippen molar-refractivity contribution in [2.75, 3.05) is 38.0 Å². The number of nitrogens with zero attached hydrogens (tertiary/aromatic N) is 5. The molecule has 0 saturated carbocycles. The summed E-state index contributed by atoms with van der Waals surface area (Å²) in [4.78, 5) is 28.1. The number of anilines is 1. The first-order chi connectivity index (χ1) is 19.7. The monoisotopic (exact) mass is 594 g/mol. The molecular formula is C28H34ClF3N6O3. The molecule has 2 fully saturated rings. The van der Waals surface area contributed by atoms with E-state index < -0.39 is 12.3 Å². The van der Waals surface area contributed by atoms with E-state index >= 15 is 0 Å². The Morgan fingerprint density at radius 2 is 1.88 bits per heavy atom. The number of rotatable bonds is 7. The van der Waals surface area contributed by atoms with Crippen LogP contribution in [0, 0.1) is 11.7 Å². The third kappa shape index (κ3) is 8.99. The molecule has 0 bridgehead atoms. The Morgan fingerprint density at radius 1 is 1.17 bits per heavy atom. The molecule has 0 unspecified atom stereocenters. The maximum absolute atomic E-state index is 12.6. The highest BCUT2D eigenvalue weighted by molar-refractivity contribution is 6.31.